The molecule has 5 rings (SSSR count). The smallest absolute Gasteiger partial charge is 0.252 e. The van der Waals surface area contributed by atoms with E-state index in [0.717, 1.165) is 53.7 Å². The largest absolute Gasteiger partial charge is 0.322 e. The highest BCUT2D eigenvalue weighted by molar-refractivity contribution is 5.79. The first kappa shape index (κ1) is 25.5. The van der Waals surface area contributed by atoms with Crippen molar-refractivity contribution in [1.82, 2.24) is 30.1 Å². The van der Waals surface area contributed by atoms with Gasteiger partial charge >= 0.3 is 0 Å². The van der Waals surface area contributed by atoms with Crippen LogP contribution >= 0.6 is 0 Å². The summed E-state index contributed by atoms with van der Waals surface area (Å²) in [6, 6.07) is 28.9. The summed E-state index contributed by atoms with van der Waals surface area (Å²) in [7, 11) is 0. The Hall–Kier alpha value is -4.10. The van der Waals surface area contributed by atoms with E-state index >= 15 is 0 Å². The quantitative estimate of drug-likeness (QED) is 0.262. The van der Waals surface area contributed by atoms with Gasteiger partial charge in [0.2, 0.25) is 0 Å². The van der Waals surface area contributed by atoms with Gasteiger partial charge in [0.15, 0.2) is 5.82 Å². The maximum absolute atomic E-state index is 13.2. The highest BCUT2D eigenvalue weighted by Gasteiger charge is 2.26. The lowest BCUT2D eigenvalue weighted by Gasteiger charge is -2.30. The highest BCUT2D eigenvalue weighted by atomic mass is 16.1. The molecule has 0 aliphatic heterocycles. The summed E-state index contributed by atoms with van der Waals surface area (Å²) in [6.45, 7) is 6.17. The first-order valence-electron chi connectivity index (χ1n) is 13.4. The predicted octanol–water partition coefficient (Wildman–Crippen LogP) is 5.32. The monoisotopic (exact) mass is 506 g/mol. The molecule has 2 heterocycles. The van der Waals surface area contributed by atoms with Gasteiger partial charge in [-0.3, -0.25) is 9.69 Å². The fourth-order valence-corrected chi connectivity index (χ4v) is 5.04. The van der Waals surface area contributed by atoms with E-state index in [1.54, 1.807) is 0 Å². The number of benzene rings is 3. The van der Waals surface area contributed by atoms with E-state index in [0.29, 0.717) is 13.1 Å². The second-order valence-corrected chi connectivity index (χ2v) is 9.71. The molecule has 7 heteroatoms. The molecular formula is C31H34N6O. The summed E-state index contributed by atoms with van der Waals surface area (Å²) in [5.41, 5.74) is 5.22. The minimum absolute atomic E-state index is 0.0468. The van der Waals surface area contributed by atoms with Crippen LogP contribution in [0.5, 0.6) is 0 Å². The summed E-state index contributed by atoms with van der Waals surface area (Å²) in [6.07, 6.45) is 2.63. The third kappa shape index (κ3) is 5.89. The predicted molar refractivity (Wildman–Crippen MR) is 151 cm³/mol. The van der Waals surface area contributed by atoms with Gasteiger partial charge in [-0.15, -0.1) is 5.10 Å². The molecule has 0 bridgehead atoms. The molecule has 1 atom stereocenters. The summed E-state index contributed by atoms with van der Waals surface area (Å²) in [5, 5.41) is 13.9. The third-order valence-electron chi connectivity index (χ3n) is 7.16. The number of hydrogen-bond donors (Lipinski definition) is 1. The Balaban J connectivity index is 1.48. The molecular weight excluding hydrogens is 472 g/mol. The van der Waals surface area contributed by atoms with E-state index in [4.69, 9.17) is 0 Å². The average Bonchev–Trinajstić information content (AvgIpc) is 3.40. The molecule has 5 aromatic rings. The number of aromatic amines is 1. The highest BCUT2D eigenvalue weighted by Crippen LogP contribution is 2.25. The Morgan fingerprint density at radius 3 is 2.34 bits per heavy atom. The first-order valence-corrected chi connectivity index (χ1v) is 13.4. The molecule has 0 aliphatic carbocycles. The van der Waals surface area contributed by atoms with Crippen LogP contribution in [0.2, 0.25) is 0 Å². The van der Waals surface area contributed by atoms with Crippen molar-refractivity contribution in [2.24, 2.45) is 0 Å². The van der Waals surface area contributed by atoms with Gasteiger partial charge in [-0.25, -0.2) is 4.68 Å². The molecule has 0 saturated carbocycles. The number of nitrogens with zero attached hydrogens (tertiary/aromatic N) is 5. The number of aryl methyl sites for hydroxylation is 1. The maximum Gasteiger partial charge on any atom is 0.252 e. The van der Waals surface area contributed by atoms with Gasteiger partial charge in [-0.05, 0) is 70.0 Å². The van der Waals surface area contributed by atoms with Crippen LogP contribution < -0.4 is 5.56 Å². The SMILES string of the molecule is CCc1ccc2[nH]c(=O)c(CN(CCc3ccccc3)[C@H](CC)c3nnnn3Cc3ccccc3)cc2c1. The van der Waals surface area contributed by atoms with Crippen molar-refractivity contribution in [3.05, 3.63) is 123 Å². The number of fused-ring (bicyclic) bond motifs is 1. The Morgan fingerprint density at radius 2 is 1.63 bits per heavy atom. The summed E-state index contributed by atoms with van der Waals surface area (Å²) >= 11 is 0. The molecule has 38 heavy (non-hydrogen) atoms. The van der Waals surface area contributed by atoms with Crippen LogP contribution in [0, 0.1) is 0 Å². The van der Waals surface area contributed by atoms with Gasteiger partial charge in [0.05, 0.1) is 12.6 Å². The van der Waals surface area contributed by atoms with E-state index in [1.165, 1.54) is 11.1 Å². The second-order valence-electron chi connectivity index (χ2n) is 9.71. The van der Waals surface area contributed by atoms with Crippen molar-refractivity contribution in [2.75, 3.05) is 6.54 Å². The lowest BCUT2D eigenvalue weighted by molar-refractivity contribution is 0.172. The van der Waals surface area contributed by atoms with Crippen molar-refractivity contribution in [2.45, 2.75) is 52.2 Å². The van der Waals surface area contributed by atoms with Crippen LogP contribution in [0.4, 0.5) is 0 Å². The van der Waals surface area contributed by atoms with Gasteiger partial charge < -0.3 is 4.98 Å². The zero-order valence-corrected chi connectivity index (χ0v) is 22.0. The Bertz CT molecular complexity index is 1530. The minimum atomic E-state index is -0.0507. The minimum Gasteiger partial charge on any atom is -0.322 e. The number of hydrogen-bond acceptors (Lipinski definition) is 5. The van der Waals surface area contributed by atoms with Gasteiger partial charge in [-0.1, -0.05) is 80.6 Å². The average molecular weight is 507 g/mol. The fraction of sp³-hybridized carbons (Fsp3) is 0.290. The number of pyridine rings is 1. The molecule has 7 nitrogen and oxygen atoms in total. The van der Waals surface area contributed by atoms with Crippen LogP contribution in [0.3, 0.4) is 0 Å². The number of nitrogens with one attached hydrogen (secondary N) is 1. The van der Waals surface area contributed by atoms with Crippen LogP contribution in [0.1, 0.15) is 54.4 Å². The summed E-state index contributed by atoms with van der Waals surface area (Å²) < 4.78 is 1.89. The van der Waals surface area contributed by atoms with Gasteiger partial charge in [0.1, 0.15) is 0 Å². The van der Waals surface area contributed by atoms with Crippen molar-refractivity contribution in [1.29, 1.82) is 0 Å². The molecule has 0 unspecified atom stereocenters. The zero-order valence-electron chi connectivity index (χ0n) is 22.0. The molecule has 0 amide bonds. The molecule has 0 radical (unpaired) electrons. The molecule has 3 aromatic carbocycles. The standard InChI is InChI=1S/C31H34N6O/c1-3-23-15-16-28-26(19-23)20-27(31(38)32-28)22-36(18-17-24-11-7-5-8-12-24)29(4-2)30-33-34-35-37(30)21-25-13-9-6-10-14-25/h5-16,19-20,29H,3-4,17-18,21-22H2,1-2H3,(H,32,38)/t29-/m1/s1. The number of H-pyrrole nitrogens is 1. The molecule has 0 spiro atoms. The lowest BCUT2D eigenvalue weighted by Crippen LogP contribution is -2.34. The third-order valence-corrected chi connectivity index (χ3v) is 7.16. The molecule has 1 N–H and O–H groups in total. The van der Waals surface area contributed by atoms with Crippen LogP contribution in [-0.2, 0) is 25.9 Å². The lowest BCUT2D eigenvalue weighted by atomic mass is 10.1. The van der Waals surface area contributed by atoms with Gasteiger partial charge in [-0.2, -0.15) is 0 Å². The normalized spacial score (nSPS) is 12.3. The molecule has 0 fully saturated rings. The fourth-order valence-electron chi connectivity index (χ4n) is 5.04. The summed E-state index contributed by atoms with van der Waals surface area (Å²) in [4.78, 5) is 18.6. The van der Waals surface area contributed by atoms with E-state index in [1.807, 2.05) is 41.1 Å². The number of aromatic nitrogens is 5. The van der Waals surface area contributed by atoms with Crippen LogP contribution in [-0.4, -0.2) is 36.6 Å². The van der Waals surface area contributed by atoms with E-state index in [-0.39, 0.29) is 11.6 Å². The Kier molecular flexibility index (Phi) is 8.04. The van der Waals surface area contributed by atoms with Gasteiger partial charge in [0, 0.05) is 24.2 Å². The van der Waals surface area contributed by atoms with Crippen LogP contribution in [0.15, 0.2) is 89.7 Å². The van der Waals surface area contributed by atoms with Crippen molar-refractivity contribution in [3.8, 4) is 0 Å². The Labute approximate surface area is 223 Å². The summed E-state index contributed by atoms with van der Waals surface area (Å²) in [5.74, 6) is 0.815. The maximum atomic E-state index is 13.2. The first-order chi connectivity index (χ1) is 18.6. The topological polar surface area (TPSA) is 79.7 Å². The van der Waals surface area contributed by atoms with Crippen LogP contribution in [0.25, 0.3) is 10.9 Å². The van der Waals surface area contributed by atoms with Crippen molar-refractivity contribution >= 4 is 10.9 Å². The van der Waals surface area contributed by atoms with Gasteiger partial charge in [0.25, 0.3) is 5.56 Å². The van der Waals surface area contributed by atoms with Crippen molar-refractivity contribution in [3.63, 3.8) is 0 Å². The molecule has 194 valence electrons. The van der Waals surface area contributed by atoms with Crippen molar-refractivity contribution < 1.29 is 0 Å². The number of rotatable bonds is 11. The van der Waals surface area contributed by atoms with E-state index in [9.17, 15) is 4.79 Å². The molecule has 2 aromatic heterocycles. The number of tetrazole rings is 1. The zero-order chi connectivity index (χ0) is 26.3. The molecule has 0 saturated heterocycles. The second kappa shape index (κ2) is 12.0. The van der Waals surface area contributed by atoms with E-state index in [2.05, 4.69) is 87.8 Å². The Morgan fingerprint density at radius 1 is 0.895 bits per heavy atom. The van der Waals surface area contributed by atoms with E-state index < -0.39 is 0 Å². The molecule has 0 aliphatic rings.